The molecule has 0 bridgehead atoms. The first-order valence-electron chi connectivity index (χ1n) is 7.65. The molecule has 1 aromatic rings. The molecular weight excluding hydrogens is 268 g/mol. The smallest absolute Gasteiger partial charge is 0.338 e. The first-order chi connectivity index (χ1) is 10.3. The van der Waals surface area contributed by atoms with E-state index in [1.165, 1.54) is 5.56 Å². The van der Waals surface area contributed by atoms with E-state index in [9.17, 15) is 4.79 Å². The Balaban J connectivity index is 1.69. The van der Waals surface area contributed by atoms with Crippen molar-refractivity contribution in [2.45, 2.75) is 44.8 Å². The Morgan fingerprint density at radius 1 is 1.38 bits per heavy atom. The maximum atomic E-state index is 11.7. The van der Waals surface area contributed by atoms with Crippen LogP contribution in [0.25, 0.3) is 0 Å². The molecule has 5 nitrogen and oxygen atoms in total. The van der Waals surface area contributed by atoms with Crippen molar-refractivity contribution in [1.29, 1.82) is 0 Å². The van der Waals surface area contributed by atoms with Gasteiger partial charge in [-0.05, 0) is 24.8 Å². The molecule has 2 amide bonds. The first kappa shape index (κ1) is 15.8. The highest BCUT2D eigenvalue weighted by molar-refractivity contribution is 5.72. The van der Waals surface area contributed by atoms with Crippen molar-refractivity contribution >= 4 is 6.03 Å². The Kier molecular flexibility index (Phi) is 6.50. The molecule has 1 fully saturated rings. The fourth-order valence-electron chi connectivity index (χ4n) is 2.40. The highest BCUT2D eigenvalue weighted by atomic mass is 16.8. The second kappa shape index (κ2) is 8.64. The van der Waals surface area contributed by atoms with E-state index in [0.717, 1.165) is 25.7 Å². The zero-order valence-electron chi connectivity index (χ0n) is 12.5. The number of carbonyl (C=O) groups is 1. The summed E-state index contributed by atoms with van der Waals surface area (Å²) >= 11 is 0. The van der Waals surface area contributed by atoms with Gasteiger partial charge in [-0.15, -0.1) is 0 Å². The van der Waals surface area contributed by atoms with Gasteiger partial charge in [0.05, 0.1) is 0 Å². The zero-order valence-corrected chi connectivity index (χ0v) is 12.5. The van der Waals surface area contributed by atoms with Crippen LogP contribution < -0.4 is 10.8 Å². The van der Waals surface area contributed by atoms with Crippen molar-refractivity contribution in [2.75, 3.05) is 13.2 Å². The second-order valence-corrected chi connectivity index (χ2v) is 5.24. The van der Waals surface area contributed by atoms with Crippen LogP contribution in [0.1, 0.15) is 44.1 Å². The van der Waals surface area contributed by atoms with Gasteiger partial charge in [0, 0.05) is 25.5 Å². The van der Waals surface area contributed by atoms with E-state index in [2.05, 4.69) is 29.9 Å². The molecule has 5 heteroatoms. The number of rotatable bonds is 6. The number of benzene rings is 1. The molecule has 0 spiro atoms. The van der Waals surface area contributed by atoms with E-state index in [4.69, 9.17) is 9.57 Å². The van der Waals surface area contributed by atoms with Crippen molar-refractivity contribution in [1.82, 2.24) is 10.8 Å². The fourth-order valence-corrected chi connectivity index (χ4v) is 2.40. The molecule has 116 valence electrons. The van der Waals surface area contributed by atoms with E-state index in [1.807, 2.05) is 18.2 Å². The van der Waals surface area contributed by atoms with Gasteiger partial charge in [0.15, 0.2) is 6.29 Å². The lowest BCUT2D eigenvalue weighted by atomic mass is 9.97. The fraction of sp³-hybridized carbons (Fsp3) is 0.562. The van der Waals surface area contributed by atoms with Crippen LogP contribution in [0.2, 0.25) is 0 Å². The molecule has 2 N–H and O–H groups in total. The van der Waals surface area contributed by atoms with Crippen molar-refractivity contribution < 1.29 is 14.4 Å². The van der Waals surface area contributed by atoms with Gasteiger partial charge in [0.1, 0.15) is 0 Å². The average Bonchev–Trinajstić information content (AvgIpc) is 2.55. The van der Waals surface area contributed by atoms with Crippen LogP contribution >= 0.6 is 0 Å². The van der Waals surface area contributed by atoms with Gasteiger partial charge in [0.25, 0.3) is 0 Å². The maximum Gasteiger partial charge on any atom is 0.338 e. The maximum absolute atomic E-state index is 11.7. The van der Waals surface area contributed by atoms with Crippen molar-refractivity contribution in [3.63, 3.8) is 0 Å². The molecule has 21 heavy (non-hydrogen) atoms. The van der Waals surface area contributed by atoms with Gasteiger partial charge in [-0.1, -0.05) is 37.3 Å². The summed E-state index contributed by atoms with van der Waals surface area (Å²) in [4.78, 5) is 17.0. The summed E-state index contributed by atoms with van der Waals surface area (Å²) in [6.07, 6.45) is 3.60. The van der Waals surface area contributed by atoms with Gasteiger partial charge in [-0.3, -0.25) is 0 Å². The number of amides is 2. The third-order valence-corrected chi connectivity index (χ3v) is 3.69. The third-order valence-electron chi connectivity index (χ3n) is 3.69. The Morgan fingerprint density at radius 3 is 2.86 bits per heavy atom. The van der Waals surface area contributed by atoms with Crippen LogP contribution in [-0.4, -0.2) is 25.5 Å². The van der Waals surface area contributed by atoms with E-state index in [0.29, 0.717) is 19.1 Å². The van der Waals surface area contributed by atoms with E-state index in [1.54, 1.807) is 0 Å². The highest BCUT2D eigenvalue weighted by Crippen LogP contribution is 2.17. The molecular formula is C16H24N2O3. The standard InChI is InChI=1S/C16H24N2O3/c1-2-13(14-8-4-3-5-9-14)12-17-16(19)18-21-15-10-6-7-11-20-15/h3-5,8-9,13,15H,2,6-7,10-12H2,1H3,(H2,17,18,19)/t13-,15+/m1/s1. The molecule has 0 aromatic heterocycles. The average molecular weight is 292 g/mol. The minimum absolute atomic E-state index is 0.308. The van der Waals surface area contributed by atoms with Crippen molar-refractivity contribution in [3.05, 3.63) is 35.9 Å². The summed E-state index contributed by atoms with van der Waals surface area (Å²) in [5.41, 5.74) is 3.64. The number of nitrogens with one attached hydrogen (secondary N) is 2. The van der Waals surface area contributed by atoms with Crippen LogP contribution in [0, 0.1) is 0 Å². The van der Waals surface area contributed by atoms with Crippen molar-refractivity contribution in [2.24, 2.45) is 0 Å². The number of urea groups is 1. The van der Waals surface area contributed by atoms with Crippen LogP contribution in [0.5, 0.6) is 0 Å². The SMILES string of the molecule is CC[C@H](CNC(=O)NO[C@H]1CCCCO1)c1ccccc1. The third kappa shape index (κ3) is 5.36. The molecule has 0 radical (unpaired) electrons. The lowest BCUT2D eigenvalue weighted by Crippen LogP contribution is -2.41. The molecule has 2 atom stereocenters. The summed E-state index contributed by atoms with van der Waals surface area (Å²) in [5, 5.41) is 2.84. The first-order valence-corrected chi connectivity index (χ1v) is 7.65. The van der Waals surface area contributed by atoms with Crippen molar-refractivity contribution in [3.8, 4) is 0 Å². The number of ether oxygens (including phenoxy) is 1. The van der Waals surface area contributed by atoms with Gasteiger partial charge in [0.2, 0.25) is 0 Å². The minimum atomic E-state index is -0.321. The van der Waals surface area contributed by atoms with Gasteiger partial charge < -0.3 is 10.1 Å². The van der Waals surface area contributed by atoms with E-state index >= 15 is 0 Å². The number of hydrogen-bond acceptors (Lipinski definition) is 3. The summed E-state index contributed by atoms with van der Waals surface area (Å²) in [7, 11) is 0. The van der Waals surface area contributed by atoms with Crippen LogP contribution in [0.3, 0.4) is 0 Å². The van der Waals surface area contributed by atoms with E-state index in [-0.39, 0.29) is 12.3 Å². The van der Waals surface area contributed by atoms with Gasteiger partial charge in [-0.2, -0.15) is 0 Å². The van der Waals surface area contributed by atoms with Gasteiger partial charge in [-0.25, -0.2) is 15.1 Å². The Bertz CT molecular complexity index is 419. The number of carbonyl (C=O) groups excluding carboxylic acids is 1. The molecule has 0 saturated carbocycles. The molecule has 0 unspecified atom stereocenters. The predicted octanol–water partition coefficient (Wildman–Crippen LogP) is 2.94. The predicted molar refractivity (Wildman–Crippen MR) is 80.7 cm³/mol. The Hall–Kier alpha value is -1.59. The number of hydrogen-bond donors (Lipinski definition) is 2. The molecule has 1 aliphatic rings. The molecule has 1 saturated heterocycles. The summed E-state index contributed by atoms with van der Waals surface area (Å²) in [6.45, 7) is 3.39. The molecule has 0 aliphatic carbocycles. The van der Waals surface area contributed by atoms with Crippen LogP contribution in [-0.2, 0) is 9.57 Å². The minimum Gasteiger partial charge on any atom is -0.350 e. The largest absolute Gasteiger partial charge is 0.350 e. The quantitative estimate of drug-likeness (QED) is 0.793. The second-order valence-electron chi connectivity index (χ2n) is 5.24. The van der Waals surface area contributed by atoms with Crippen LogP contribution in [0.15, 0.2) is 30.3 Å². The van der Waals surface area contributed by atoms with Gasteiger partial charge >= 0.3 is 6.03 Å². The monoisotopic (exact) mass is 292 g/mol. The number of hydroxylamine groups is 1. The lowest BCUT2D eigenvalue weighted by Gasteiger charge is -2.22. The Labute approximate surface area is 126 Å². The highest BCUT2D eigenvalue weighted by Gasteiger charge is 2.16. The Morgan fingerprint density at radius 2 is 2.19 bits per heavy atom. The zero-order chi connectivity index (χ0) is 14.9. The normalized spacial score (nSPS) is 19.8. The molecule has 2 rings (SSSR count). The molecule has 1 aromatic carbocycles. The topological polar surface area (TPSA) is 59.6 Å². The van der Waals surface area contributed by atoms with Crippen LogP contribution in [0.4, 0.5) is 4.79 Å². The van der Waals surface area contributed by atoms with E-state index < -0.39 is 0 Å². The lowest BCUT2D eigenvalue weighted by molar-refractivity contribution is -0.186. The summed E-state index contributed by atoms with van der Waals surface area (Å²) in [6, 6.07) is 9.87. The summed E-state index contributed by atoms with van der Waals surface area (Å²) < 4.78 is 5.38. The molecule has 1 heterocycles. The molecule has 1 aliphatic heterocycles. The summed E-state index contributed by atoms with van der Waals surface area (Å²) in [5.74, 6) is 0.308.